The standard InChI is InChI=1S/C15H12N2OS/c1-10-7-8-12-13(9-10)16-15(19)17(14(12)18)11-5-3-2-4-6-11/h2-9H,1H3,(H,16,19). The van der Waals surface area contributed by atoms with E-state index in [1.54, 1.807) is 0 Å². The number of rotatable bonds is 1. The summed E-state index contributed by atoms with van der Waals surface area (Å²) < 4.78 is 1.93. The summed E-state index contributed by atoms with van der Waals surface area (Å²) in [6.07, 6.45) is 0. The molecule has 3 nitrogen and oxygen atoms in total. The largest absolute Gasteiger partial charge is 0.331 e. The zero-order valence-corrected chi connectivity index (χ0v) is 11.2. The van der Waals surface area contributed by atoms with Crippen LogP contribution in [-0.4, -0.2) is 9.55 Å². The van der Waals surface area contributed by atoms with E-state index in [1.807, 2.05) is 55.5 Å². The Morgan fingerprint density at radius 3 is 2.58 bits per heavy atom. The number of para-hydroxylation sites is 1. The summed E-state index contributed by atoms with van der Waals surface area (Å²) in [5.41, 5.74) is 2.55. The molecule has 0 saturated carbocycles. The van der Waals surface area contributed by atoms with Crippen molar-refractivity contribution in [2.24, 2.45) is 0 Å². The van der Waals surface area contributed by atoms with Crippen molar-refractivity contribution in [2.75, 3.05) is 0 Å². The van der Waals surface area contributed by atoms with Gasteiger partial charge in [-0.25, -0.2) is 0 Å². The Kier molecular flexibility index (Phi) is 2.80. The Morgan fingerprint density at radius 2 is 1.84 bits per heavy atom. The second kappa shape index (κ2) is 4.48. The smallest absolute Gasteiger partial charge is 0.266 e. The Morgan fingerprint density at radius 1 is 1.11 bits per heavy atom. The first-order valence-electron chi connectivity index (χ1n) is 5.98. The Bertz CT molecular complexity index is 863. The number of fused-ring (bicyclic) bond motifs is 1. The maximum absolute atomic E-state index is 12.5. The van der Waals surface area contributed by atoms with Gasteiger partial charge in [0.05, 0.1) is 16.6 Å². The summed E-state index contributed by atoms with van der Waals surface area (Å²) in [6.45, 7) is 1.99. The molecule has 0 aliphatic heterocycles. The molecule has 2 aromatic carbocycles. The maximum Gasteiger partial charge on any atom is 0.266 e. The second-order valence-electron chi connectivity index (χ2n) is 4.46. The van der Waals surface area contributed by atoms with Crippen molar-refractivity contribution in [3.63, 3.8) is 0 Å². The lowest BCUT2D eigenvalue weighted by Crippen LogP contribution is -2.20. The monoisotopic (exact) mass is 268 g/mol. The van der Waals surface area contributed by atoms with Gasteiger partial charge in [-0.05, 0) is 49.0 Å². The molecule has 0 fully saturated rings. The van der Waals surface area contributed by atoms with Gasteiger partial charge in [-0.15, -0.1) is 0 Å². The number of hydrogen-bond acceptors (Lipinski definition) is 2. The van der Waals surface area contributed by atoms with Crippen molar-refractivity contribution in [2.45, 2.75) is 6.92 Å². The van der Waals surface area contributed by atoms with E-state index in [1.165, 1.54) is 4.57 Å². The van der Waals surface area contributed by atoms with E-state index in [0.29, 0.717) is 10.2 Å². The highest BCUT2D eigenvalue weighted by Gasteiger charge is 2.06. The molecule has 1 heterocycles. The normalized spacial score (nSPS) is 10.8. The van der Waals surface area contributed by atoms with E-state index in [0.717, 1.165) is 16.8 Å². The van der Waals surface area contributed by atoms with Crippen molar-refractivity contribution in [1.29, 1.82) is 0 Å². The molecule has 0 amide bonds. The predicted molar refractivity (Wildman–Crippen MR) is 79.5 cm³/mol. The van der Waals surface area contributed by atoms with Crippen LogP contribution in [0.2, 0.25) is 0 Å². The van der Waals surface area contributed by atoms with Gasteiger partial charge in [-0.1, -0.05) is 24.3 Å². The third kappa shape index (κ3) is 2.00. The fourth-order valence-electron chi connectivity index (χ4n) is 2.14. The van der Waals surface area contributed by atoms with Gasteiger partial charge in [0.1, 0.15) is 0 Å². The van der Waals surface area contributed by atoms with Crippen molar-refractivity contribution in [3.05, 3.63) is 69.2 Å². The van der Waals surface area contributed by atoms with Crippen LogP contribution in [0.3, 0.4) is 0 Å². The van der Waals surface area contributed by atoms with Gasteiger partial charge < -0.3 is 4.98 Å². The Hall–Kier alpha value is -2.20. The maximum atomic E-state index is 12.5. The minimum absolute atomic E-state index is 0.0926. The number of benzene rings is 2. The molecule has 3 rings (SSSR count). The van der Waals surface area contributed by atoms with E-state index >= 15 is 0 Å². The van der Waals surface area contributed by atoms with Crippen LogP contribution in [0.1, 0.15) is 5.56 Å². The van der Waals surface area contributed by atoms with Gasteiger partial charge in [-0.3, -0.25) is 9.36 Å². The van der Waals surface area contributed by atoms with E-state index in [2.05, 4.69) is 4.98 Å². The summed E-state index contributed by atoms with van der Waals surface area (Å²) in [4.78, 5) is 15.7. The van der Waals surface area contributed by atoms with Gasteiger partial charge in [0, 0.05) is 0 Å². The lowest BCUT2D eigenvalue weighted by atomic mass is 10.2. The first kappa shape index (κ1) is 11.9. The van der Waals surface area contributed by atoms with Gasteiger partial charge in [0.25, 0.3) is 5.56 Å². The number of nitrogens with zero attached hydrogens (tertiary/aromatic N) is 1. The van der Waals surface area contributed by atoms with Crippen LogP contribution in [0.25, 0.3) is 16.6 Å². The summed E-state index contributed by atoms with van der Waals surface area (Å²) in [5.74, 6) is 0. The van der Waals surface area contributed by atoms with Crippen LogP contribution < -0.4 is 5.56 Å². The Balaban J connectivity index is 2.43. The number of nitrogens with one attached hydrogen (secondary N) is 1. The van der Waals surface area contributed by atoms with Gasteiger partial charge in [0.2, 0.25) is 0 Å². The Labute approximate surface area is 115 Å². The molecule has 0 aliphatic carbocycles. The molecule has 0 saturated heterocycles. The van der Waals surface area contributed by atoms with Crippen LogP contribution in [0.15, 0.2) is 53.3 Å². The van der Waals surface area contributed by atoms with E-state index in [9.17, 15) is 4.79 Å². The molecule has 19 heavy (non-hydrogen) atoms. The fraction of sp³-hybridized carbons (Fsp3) is 0.0667. The molecule has 4 heteroatoms. The summed E-state index contributed by atoms with van der Waals surface area (Å²) >= 11 is 5.30. The number of aromatic amines is 1. The molecule has 1 aromatic heterocycles. The van der Waals surface area contributed by atoms with Crippen LogP contribution >= 0.6 is 12.2 Å². The molecule has 1 N–H and O–H groups in total. The van der Waals surface area contributed by atoms with Crippen LogP contribution in [0, 0.1) is 11.7 Å². The van der Waals surface area contributed by atoms with Crippen molar-refractivity contribution < 1.29 is 0 Å². The quantitative estimate of drug-likeness (QED) is 0.687. The van der Waals surface area contributed by atoms with Crippen molar-refractivity contribution in [1.82, 2.24) is 9.55 Å². The highest BCUT2D eigenvalue weighted by atomic mass is 32.1. The molecule has 0 spiro atoms. The third-order valence-electron chi connectivity index (χ3n) is 3.07. The second-order valence-corrected chi connectivity index (χ2v) is 4.84. The van der Waals surface area contributed by atoms with Crippen LogP contribution in [0.4, 0.5) is 0 Å². The number of hydrogen-bond donors (Lipinski definition) is 1. The number of aryl methyl sites for hydroxylation is 1. The minimum Gasteiger partial charge on any atom is -0.331 e. The summed E-state index contributed by atoms with van der Waals surface area (Å²) in [6, 6.07) is 15.1. The first-order valence-corrected chi connectivity index (χ1v) is 6.39. The van der Waals surface area contributed by atoms with Crippen molar-refractivity contribution in [3.8, 4) is 5.69 Å². The molecular formula is C15H12N2OS. The van der Waals surface area contributed by atoms with Crippen LogP contribution in [0.5, 0.6) is 0 Å². The van der Waals surface area contributed by atoms with Gasteiger partial charge >= 0.3 is 0 Å². The molecule has 0 bridgehead atoms. The average molecular weight is 268 g/mol. The molecule has 0 aliphatic rings. The van der Waals surface area contributed by atoms with E-state index in [4.69, 9.17) is 12.2 Å². The molecule has 0 radical (unpaired) electrons. The highest BCUT2D eigenvalue weighted by Crippen LogP contribution is 2.12. The lowest BCUT2D eigenvalue weighted by Gasteiger charge is -2.08. The fourth-order valence-corrected chi connectivity index (χ4v) is 2.44. The molecule has 3 aromatic rings. The minimum atomic E-state index is -0.0926. The predicted octanol–water partition coefficient (Wildman–Crippen LogP) is 3.36. The topological polar surface area (TPSA) is 37.8 Å². The van der Waals surface area contributed by atoms with Gasteiger partial charge in [-0.2, -0.15) is 0 Å². The molecule has 0 atom stereocenters. The molecule has 94 valence electrons. The zero-order valence-electron chi connectivity index (χ0n) is 10.4. The summed E-state index contributed by atoms with van der Waals surface area (Å²) in [5, 5.41) is 0.642. The molecule has 0 unspecified atom stereocenters. The van der Waals surface area contributed by atoms with Gasteiger partial charge in [0.15, 0.2) is 4.77 Å². The lowest BCUT2D eigenvalue weighted by molar-refractivity contribution is 0.940. The van der Waals surface area contributed by atoms with E-state index in [-0.39, 0.29) is 5.56 Å². The highest BCUT2D eigenvalue weighted by molar-refractivity contribution is 7.71. The van der Waals surface area contributed by atoms with E-state index < -0.39 is 0 Å². The number of H-pyrrole nitrogens is 1. The number of aromatic nitrogens is 2. The van der Waals surface area contributed by atoms with Crippen LogP contribution in [-0.2, 0) is 0 Å². The molecular weight excluding hydrogens is 256 g/mol. The summed E-state index contributed by atoms with van der Waals surface area (Å²) in [7, 11) is 0. The zero-order chi connectivity index (χ0) is 13.4. The first-order chi connectivity index (χ1) is 9.16. The van der Waals surface area contributed by atoms with Crippen molar-refractivity contribution >= 4 is 23.1 Å². The average Bonchev–Trinajstić information content (AvgIpc) is 2.39. The third-order valence-corrected chi connectivity index (χ3v) is 3.35. The SMILES string of the molecule is Cc1ccc2c(=O)n(-c3ccccc3)c(=S)[nH]c2c1.